The molecule has 2 fully saturated rings. The maximum atomic E-state index is 13.3. The lowest BCUT2D eigenvalue weighted by Gasteiger charge is -2.30. The Balaban J connectivity index is 1.07. The van der Waals surface area contributed by atoms with Crippen LogP contribution < -0.4 is 16.0 Å². The standard InChI is InChI=1S/C38H42N8O6/c1-23(2)33(43-38(51)52-3)36(50)46-18-8-12-30(46)35(49)44-37-39-21-27(22-40-37)25-13-15-28-26(20-25)14-16-31(41-28)42-34(48)29-11-7-17-45(29)32(47)19-24-9-5-4-6-10-24/h4-6,9-10,13-16,20-23,29-30,33H,7-8,11-12,17-19H2,1-3H3,(H,43,51)(H,41,42,48)(H,39,40,44,49)/t29-,30-,33-/m0/s1. The van der Waals surface area contributed by atoms with Crippen LogP contribution in [0.3, 0.4) is 0 Å². The zero-order chi connectivity index (χ0) is 36.8. The Labute approximate surface area is 301 Å². The number of benzene rings is 2. The number of anilines is 2. The van der Waals surface area contributed by atoms with E-state index in [0.717, 1.165) is 22.9 Å². The summed E-state index contributed by atoms with van der Waals surface area (Å²) in [6, 6.07) is 16.7. The molecule has 2 aromatic carbocycles. The molecule has 0 aliphatic carbocycles. The van der Waals surface area contributed by atoms with Gasteiger partial charge in [0.25, 0.3) is 0 Å². The van der Waals surface area contributed by atoms with Crippen LogP contribution >= 0.6 is 0 Å². The molecule has 0 spiro atoms. The summed E-state index contributed by atoms with van der Waals surface area (Å²) in [4.78, 5) is 81.1. The van der Waals surface area contributed by atoms with E-state index in [1.165, 1.54) is 12.0 Å². The molecule has 2 aliphatic rings. The number of ether oxygens (including phenoxy) is 1. The van der Waals surface area contributed by atoms with Crippen molar-refractivity contribution in [1.82, 2.24) is 30.1 Å². The van der Waals surface area contributed by atoms with Gasteiger partial charge in [-0.25, -0.2) is 19.7 Å². The molecule has 52 heavy (non-hydrogen) atoms. The first-order chi connectivity index (χ1) is 25.1. The predicted octanol–water partition coefficient (Wildman–Crippen LogP) is 4.17. The van der Waals surface area contributed by atoms with Gasteiger partial charge in [0, 0.05) is 36.4 Å². The van der Waals surface area contributed by atoms with E-state index in [1.54, 1.807) is 23.4 Å². The van der Waals surface area contributed by atoms with E-state index in [1.807, 2.05) is 68.4 Å². The van der Waals surface area contributed by atoms with E-state index in [2.05, 4.69) is 35.6 Å². The lowest BCUT2D eigenvalue weighted by molar-refractivity contribution is -0.139. The van der Waals surface area contributed by atoms with Crippen LogP contribution in [0.25, 0.3) is 22.0 Å². The van der Waals surface area contributed by atoms with Crippen molar-refractivity contribution in [3.8, 4) is 11.1 Å². The number of likely N-dealkylation sites (tertiary alicyclic amines) is 2. The van der Waals surface area contributed by atoms with Gasteiger partial charge in [0.1, 0.15) is 23.9 Å². The van der Waals surface area contributed by atoms with Crippen molar-refractivity contribution in [2.75, 3.05) is 30.8 Å². The van der Waals surface area contributed by atoms with Crippen molar-refractivity contribution in [2.24, 2.45) is 5.92 Å². The summed E-state index contributed by atoms with van der Waals surface area (Å²) in [5, 5.41) is 9.03. The topological polar surface area (TPSA) is 176 Å². The summed E-state index contributed by atoms with van der Waals surface area (Å²) in [6.07, 6.45) is 5.23. The van der Waals surface area contributed by atoms with Gasteiger partial charge in [0.05, 0.1) is 19.0 Å². The quantitative estimate of drug-likeness (QED) is 0.219. The van der Waals surface area contributed by atoms with Crippen molar-refractivity contribution in [2.45, 2.75) is 64.1 Å². The number of hydrogen-bond acceptors (Lipinski definition) is 9. The fourth-order valence-electron chi connectivity index (χ4n) is 6.71. The Morgan fingerprint density at radius 1 is 0.827 bits per heavy atom. The number of carbonyl (C=O) groups excluding carboxylic acids is 5. The number of nitrogens with zero attached hydrogens (tertiary/aromatic N) is 5. The van der Waals surface area contributed by atoms with Crippen LogP contribution in [0.4, 0.5) is 16.6 Å². The average molecular weight is 707 g/mol. The number of nitrogens with one attached hydrogen (secondary N) is 3. The summed E-state index contributed by atoms with van der Waals surface area (Å²) in [5.74, 6) is -0.781. The van der Waals surface area contributed by atoms with Crippen molar-refractivity contribution in [1.29, 1.82) is 0 Å². The molecule has 0 radical (unpaired) electrons. The first kappa shape index (κ1) is 35.9. The van der Waals surface area contributed by atoms with E-state index < -0.39 is 30.1 Å². The minimum atomic E-state index is -0.830. The molecule has 3 N–H and O–H groups in total. The van der Waals surface area contributed by atoms with Gasteiger partial charge in [-0.05, 0) is 67.0 Å². The lowest BCUT2D eigenvalue weighted by atomic mass is 10.0. The molecule has 0 bridgehead atoms. The molecular formula is C38H42N8O6. The maximum Gasteiger partial charge on any atom is 0.407 e. The Morgan fingerprint density at radius 3 is 2.19 bits per heavy atom. The van der Waals surface area contributed by atoms with Gasteiger partial charge < -0.3 is 25.2 Å². The van der Waals surface area contributed by atoms with Crippen molar-refractivity contribution in [3.63, 3.8) is 0 Å². The van der Waals surface area contributed by atoms with Gasteiger partial charge in [0.2, 0.25) is 29.6 Å². The zero-order valence-corrected chi connectivity index (χ0v) is 29.4. The lowest BCUT2D eigenvalue weighted by Crippen LogP contribution is -2.54. The van der Waals surface area contributed by atoms with E-state index in [0.29, 0.717) is 49.2 Å². The van der Waals surface area contributed by atoms with Crippen LogP contribution in [-0.4, -0.2) is 92.8 Å². The largest absolute Gasteiger partial charge is 0.453 e. The SMILES string of the molecule is COC(=O)N[C@H](C(=O)N1CCC[C@H]1C(=O)Nc1ncc(-c2ccc3nc(NC(=O)[C@@H]4CCCN4C(=O)Cc4ccccc4)ccc3c2)cn1)C(C)C. The van der Waals surface area contributed by atoms with E-state index >= 15 is 0 Å². The molecule has 0 unspecified atom stereocenters. The highest BCUT2D eigenvalue weighted by atomic mass is 16.5. The maximum absolute atomic E-state index is 13.3. The summed E-state index contributed by atoms with van der Waals surface area (Å²) < 4.78 is 4.67. The van der Waals surface area contributed by atoms with Crippen LogP contribution in [0.1, 0.15) is 45.1 Å². The zero-order valence-electron chi connectivity index (χ0n) is 29.4. The first-order valence-corrected chi connectivity index (χ1v) is 17.4. The summed E-state index contributed by atoms with van der Waals surface area (Å²) in [5.41, 5.74) is 3.13. The van der Waals surface area contributed by atoms with E-state index in [9.17, 15) is 24.0 Å². The normalized spacial score (nSPS) is 17.5. The second-order valence-electron chi connectivity index (χ2n) is 13.3. The highest BCUT2D eigenvalue weighted by molar-refractivity contribution is 5.99. The Hall–Kier alpha value is -5.92. The van der Waals surface area contributed by atoms with Gasteiger partial charge >= 0.3 is 6.09 Å². The Morgan fingerprint density at radius 2 is 1.50 bits per heavy atom. The van der Waals surface area contributed by atoms with Gasteiger partial charge in [-0.3, -0.25) is 24.5 Å². The molecule has 5 amide bonds. The minimum absolute atomic E-state index is 0.0687. The third-order valence-corrected chi connectivity index (χ3v) is 9.46. The highest BCUT2D eigenvalue weighted by Crippen LogP contribution is 2.26. The molecule has 2 saturated heterocycles. The molecule has 270 valence electrons. The number of amides is 5. The molecule has 4 aromatic rings. The average Bonchev–Trinajstić information content (AvgIpc) is 3.85. The van der Waals surface area contributed by atoms with Crippen molar-refractivity contribution < 1.29 is 28.7 Å². The predicted molar refractivity (Wildman–Crippen MR) is 194 cm³/mol. The van der Waals surface area contributed by atoms with Crippen LogP contribution in [0.5, 0.6) is 0 Å². The van der Waals surface area contributed by atoms with Crippen LogP contribution in [0.15, 0.2) is 73.1 Å². The highest BCUT2D eigenvalue weighted by Gasteiger charge is 2.39. The molecule has 14 nitrogen and oxygen atoms in total. The Bertz CT molecular complexity index is 1950. The van der Waals surface area contributed by atoms with Gasteiger partial charge in [0.15, 0.2) is 0 Å². The number of pyridine rings is 1. The smallest absolute Gasteiger partial charge is 0.407 e. The third-order valence-electron chi connectivity index (χ3n) is 9.46. The first-order valence-electron chi connectivity index (χ1n) is 17.4. The van der Waals surface area contributed by atoms with Gasteiger partial charge in [-0.2, -0.15) is 0 Å². The van der Waals surface area contributed by atoms with E-state index in [-0.39, 0.29) is 36.0 Å². The number of aromatic nitrogens is 3. The molecule has 0 saturated carbocycles. The van der Waals surface area contributed by atoms with E-state index in [4.69, 9.17) is 0 Å². The number of fused-ring (bicyclic) bond motifs is 1. The summed E-state index contributed by atoms with van der Waals surface area (Å²) >= 11 is 0. The number of rotatable bonds is 10. The summed E-state index contributed by atoms with van der Waals surface area (Å²) in [6.45, 7) is 4.56. The summed E-state index contributed by atoms with van der Waals surface area (Å²) in [7, 11) is 1.23. The molecule has 4 heterocycles. The number of alkyl carbamates (subject to hydrolysis) is 1. The number of hydrogen-bond donors (Lipinski definition) is 3. The van der Waals surface area contributed by atoms with Gasteiger partial charge in [-0.15, -0.1) is 0 Å². The number of carbonyl (C=O) groups is 5. The van der Waals surface area contributed by atoms with Gasteiger partial charge in [-0.1, -0.05) is 50.2 Å². The molecular weight excluding hydrogens is 664 g/mol. The third kappa shape index (κ3) is 8.17. The molecule has 3 atom stereocenters. The van der Waals surface area contributed by atoms with Crippen molar-refractivity contribution in [3.05, 3.63) is 78.6 Å². The van der Waals surface area contributed by atoms with Crippen LogP contribution in [0.2, 0.25) is 0 Å². The second kappa shape index (κ2) is 16.0. The molecule has 6 rings (SSSR count). The van der Waals surface area contributed by atoms with Crippen LogP contribution in [-0.2, 0) is 30.3 Å². The monoisotopic (exact) mass is 706 g/mol. The minimum Gasteiger partial charge on any atom is -0.453 e. The van der Waals surface area contributed by atoms with Crippen molar-refractivity contribution >= 4 is 52.4 Å². The molecule has 2 aromatic heterocycles. The number of methoxy groups -OCH3 is 1. The second-order valence-corrected chi connectivity index (χ2v) is 13.3. The molecule has 2 aliphatic heterocycles. The van der Waals surface area contributed by atoms with Crippen LogP contribution in [0, 0.1) is 5.92 Å². The fourth-order valence-corrected chi connectivity index (χ4v) is 6.71. The molecule has 14 heteroatoms. The fraction of sp³-hybridized carbons (Fsp3) is 0.368. The Kier molecular flexibility index (Phi) is 11.0.